The van der Waals surface area contributed by atoms with Gasteiger partial charge in [-0.1, -0.05) is 48.5 Å². The third-order valence-electron chi connectivity index (χ3n) is 6.77. The van der Waals surface area contributed by atoms with Gasteiger partial charge in [-0.2, -0.15) is 0 Å². The highest BCUT2D eigenvalue weighted by molar-refractivity contribution is 6.10. The summed E-state index contributed by atoms with van der Waals surface area (Å²) >= 11 is 0. The third kappa shape index (κ3) is 2.57. The van der Waals surface area contributed by atoms with Crippen LogP contribution in [0.1, 0.15) is 37.3 Å². The lowest BCUT2D eigenvalue weighted by Gasteiger charge is -2.37. The molecule has 1 spiro atoms. The van der Waals surface area contributed by atoms with E-state index in [2.05, 4.69) is 4.90 Å². The molecule has 3 atom stereocenters. The van der Waals surface area contributed by atoms with Crippen LogP contribution in [0, 0.1) is 5.92 Å². The molecule has 2 saturated heterocycles. The summed E-state index contributed by atoms with van der Waals surface area (Å²) in [4.78, 5) is 31.3. The van der Waals surface area contributed by atoms with E-state index >= 15 is 0 Å². The van der Waals surface area contributed by atoms with E-state index < -0.39 is 11.5 Å². The number of carbonyl (C=O) groups is 2. The van der Waals surface area contributed by atoms with Crippen molar-refractivity contribution in [3.05, 3.63) is 65.7 Å². The lowest BCUT2D eigenvalue weighted by Crippen LogP contribution is -2.54. The van der Waals surface area contributed by atoms with Crippen molar-refractivity contribution in [1.82, 2.24) is 4.90 Å². The molecule has 150 valence electrons. The molecule has 5 nitrogen and oxygen atoms in total. The van der Waals surface area contributed by atoms with Gasteiger partial charge in [-0.15, -0.1) is 0 Å². The Morgan fingerprint density at radius 3 is 2.69 bits per heavy atom. The Kier molecular flexibility index (Phi) is 4.43. The van der Waals surface area contributed by atoms with Gasteiger partial charge in [0.2, 0.25) is 0 Å². The van der Waals surface area contributed by atoms with Gasteiger partial charge in [-0.05, 0) is 44.4 Å². The van der Waals surface area contributed by atoms with Crippen LogP contribution in [0.2, 0.25) is 0 Å². The number of ether oxygens (including phenoxy) is 1. The zero-order chi connectivity index (χ0) is 20.0. The van der Waals surface area contributed by atoms with Crippen LogP contribution in [0.5, 0.6) is 0 Å². The molecule has 0 bridgehead atoms. The maximum absolute atomic E-state index is 14.1. The van der Waals surface area contributed by atoms with Gasteiger partial charge in [-0.25, -0.2) is 0 Å². The van der Waals surface area contributed by atoms with Gasteiger partial charge in [0.1, 0.15) is 5.54 Å². The van der Waals surface area contributed by atoms with E-state index in [-0.39, 0.29) is 17.9 Å². The summed E-state index contributed by atoms with van der Waals surface area (Å²) in [5.41, 5.74) is 2.03. The van der Waals surface area contributed by atoms with Crippen LogP contribution in [0.15, 0.2) is 54.6 Å². The van der Waals surface area contributed by atoms with Crippen LogP contribution in [-0.4, -0.2) is 36.0 Å². The van der Waals surface area contributed by atoms with Crippen molar-refractivity contribution in [2.45, 2.75) is 44.3 Å². The minimum Gasteiger partial charge on any atom is -0.466 e. The molecular formula is C24H26N2O3. The molecule has 5 rings (SSSR count). The number of fused-ring (bicyclic) bond motifs is 4. The van der Waals surface area contributed by atoms with Crippen LogP contribution in [0.4, 0.5) is 5.69 Å². The number of esters is 1. The predicted octanol–water partition coefficient (Wildman–Crippen LogP) is 3.48. The molecule has 3 heterocycles. The Morgan fingerprint density at radius 2 is 1.90 bits per heavy atom. The Balaban J connectivity index is 1.64. The van der Waals surface area contributed by atoms with Crippen LogP contribution in [0.25, 0.3) is 0 Å². The lowest BCUT2D eigenvalue weighted by molar-refractivity contribution is -0.155. The topological polar surface area (TPSA) is 49.9 Å². The molecule has 5 heteroatoms. The second kappa shape index (κ2) is 6.99. The first-order valence-electron chi connectivity index (χ1n) is 10.6. The van der Waals surface area contributed by atoms with Crippen LogP contribution >= 0.6 is 0 Å². The van der Waals surface area contributed by atoms with E-state index in [9.17, 15) is 9.59 Å². The van der Waals surface area contributed by atoms with Crippen molar-refractivity contribution >= 4 is 17.6 Å². The van der Waals surface area contributed by atoms with Crippen molar-refractivity contribution in [1.29, 1.82) is 0 Å². The molecule has 2 aromatic carbocycles. The van der Waals surface area contributed by atoms with Crippen LogP contribution in [0.3, 0.4) is 0 Å². The normalized spacial score (nSPS) is 28.0. The highest BCUT2D eigenvalue weighted by atomic mass is 16.5. The first kappa shape index (κ1) is 18.4. The second-order valence-electron chi connectivity index (χ2n) is 8.19. The van der Waals surface area contributed by atoms with Crippen molar-refractivity contribution in [2.75, 3.05) is 18.1 Å². The fraction of sp³-hybridized carbons (Fsp3) is 0.417. The first-order valence-corrected chi connectivity index (χ1v) is 10.6. The maximum atomic E-state index is 14.1. The van der Waals surface area contributed by atoms with Crippen molar-refractivity contribution in [3.63, 3.8) is 0 Å². The van der Waals surface area contributed by atoms with Gasteiger partial charge in [0.05, 0.1) is 19.1 Å². The number of carbonyl (C=O) groups excluding carboxylic acids is 2. The van der Waals surface area contributed by atoms with E-state index in [4.69, 9.17) is 4.74 Å². The molecule has 2 fully saturated rings. The monoisotopic (exact) mass is 390 g/mol. The molecule has 0 saturated carbocycles. The number of hydrogen-bond donors (Lipinski definition) is 0. The summed E-state index contributed by atoms with van der Waals surface area (Å²) in [5.74, 6) is -0.682. The summed E-state index contributed by atoms with van der Waals surface area (Å²) in [7, 11) is 0. The molecule has 1 amide bonds. The van der Waals surface area contributed by atoms with Crippen molar-refractivity contribution < 1.29 is 14.3 Å². The molecule has 0 N–H and O–H groups in total. The first-order chi connectivity index (χ1) is 14.2. The van der Waals surface area contributed by atoms with E-state index in [1.54, 1.807) is 0 Å². The largest absolute Gasteiger partial charge is 0.466 e. The average molecular weight is 390 g/mol. The van der Waals surface area contributed by atoms with E-state index in [0.717, 1.165) is 36.2 Å². The number of rotatable bonds is 4. The highest BCUT2D eigenvalue weighted by Crippen LogP contribution is 2.57. The number of anilines is 1. The van der Waals surface area contributed by atoms with Gasteiger partial charge in [0, 0.05) is 17.3 Å². The molecule has 3 aliphatic rings. The highest BCUT2D eigenvalue weighted by Gasteiger charge is 2.67. The molecule has 2 aromatic rings. The average Bonchev–Trinajstić information content (AvgIpc) is 3.39. The SMILES string of the molecule is CCOC(=O)[C@@H]1C[C@H]2CCCN2[C@@]12C(=O)N(Cc1ccccc1)c1ccccc12. The third-order valence-corrected chi connectivity index (χ3v) is 6.77. The molecule has 0 radical (unpaired) electrons. The van der Waals surface area contributed by atoms with E-state index in [1.807, 2.05) is 66.4 Å². The summed E-state index contributed by atoms with van der Waals surface area (Å²) in [5, 5.41) is 0. The molecule has 0 unspecified atom stereocenters. The maximum Gasteiger partial charge on any atom is 0.311 e. The number of amides is 1. The van der Waals surface area contributed by atoms with Gasteiger partial charge in [0.25, 0.3) is 5.91 Å². The van der Waals surface area contributed by atoms with Gasteiger partial charge in [0.15, 0.2) is 0 Å². The summed E-state index contributed by atoms with van der Waals surface area (Å²) in [6, 6.07) is 18.3. The zero-order valence-electron chi connectivity index (χ0n) is 16.7. The Morgan fingerprint density at radius 1 is 1.14 bits per heavy atom. The van der Waals surface area contributed by atoms with Crippen LogP contribution < -0.4 is 4.90 Å². The zero-order valence-corrected chi connectivity index (χ0v) is 16.7. The fourth-order valence-corrected chi connectivity index (χ4v) is 5.70. The lowest BCUT2D eigenvalue weighted by atomic mass is 9.79. The smallest absolute Gasteiger partial charge is 0.311 e. The molecular weight excluding hydrogens is 364 g/mol. The molecule has 3 aliphatic heterocycles. The number of benzene rings is 2. The van der Waals surface area contributed by atoms with Gasteiger partial charge < -0.3 is 9.64 Å². The molecule has 29 heavy (non-hydrogen) atoms. The molecule has 0 aliphatic carbocycles. The van der Waals surface area contributed by atoms with Gasteiger partial charge >= 0.3 is 5.97 Å². The molecule has 0 aromatic heterocycles. The van der Waals surface area contributed by atoms with E-state index in [0.29, 0.717) is 19.6 Å². The predicted molar refractivity (Wildman–Crippen MR) is 110 cm³/mol. The number of para-hydroxylation sites is 1. The minimum atomic E-state index is -0.932. The number of nitrogens with zero attached hydrogens (tertiary/aromatic N) is 2. The van der Waals surface area contributed by atoms with E-state index in [1.165, 1.54) is 0 Å². The minimum absolute atomic E-state index is 0.0185. The van der Waals surface area contributed by atoms with Crippen molar-refractivity contribution in [2.24, 2.45) is 5.92 Å². The number of hydrogen-bond acceptors (Lipinski definition) is 4. The standard InChI is InChI=1S/C24H26N2O3/c1-2-29-22(27)20-15-18-11-8-14-26(18)24(20)19-12-6-7-13-21(19)25(23(24)28)16-17-9-4-3-5-10-17/h3-7,9-10,12-13,18,20H,2,8,11,14-16H2,1H3/t18-,20+,24-/m1/s1. The summed E-state index contributed by atoms with van der Waals surface area (Å²) in [6.45, 7) is 3.51. The van der Waals surface area contributed by atoms with Gasteiger partial charge in [-0.3, -0.25) is 14.5 Å². The Bertz CT molecular complexity index is 944. The fourth-order valence-electron chi connectivity index (χ4n) is 5.70. The Labute approximate surface area is 171 Å². The Hall–Kier alpha value is -2.66. The quantitative estimate of drug-likeness (QED) is 0.750. The van der Waals surface area contributed by atoms with Crippen LogP contribution in [-0.2, 0) is 26.4 Å². The summed E-state index contributed by atoms with van der Waals surface area (Å²) in [6.07, 6.45) is 2.79. The summed E-state index contributed by atoms with van der Waals surface area (Å²) < 4.78 is 5.46. The second-order valence-corrected chi connectivity index (χ2v) is 8.19. The van der Waals surface area contributed by atoms with Crippen molar-refractivity contribution in [3.8, 4) is 0 Å².